The van der Waals surface area contributed by atoms with E-state index in [9.17, 15) is 9.18 Å². The molecule has 1 aliphatic heterocycles. The molecule has 8 heteroatoms. The maximum absolute atomic E-state index is 14.0. The van der Waals surface area contributed by atoms with Crippen LogP contribution in [-0.2, 0) is 5.54 Å². The van der Waals surface area contributed by atoms with Gasteiger partial charge in [-0.3, -0.25) is 4.79 Å². The normalized spacial score (nSPS) is 20.7. The van der Waals surface area contributed by atoms with Crippen molar-refractivity contribution in [3.63, 3.8) is 0 Å². The van der Waals surface area contributed by atoms with Crippen LogP contribution in [0, 0.1) is 5.82 Å². The number of hydrogen-bond acceptors (Lipinski definition) is 5. The molecule has 1 atom stereocenters. The van der Waals surface area contributed by atoms with Crippen LogP contribution >= 0.6 is 0 Å². The summed E-state index contributed by atoms with van der Waals surface area (Å²) in [6.45, 7) is 2.13. The fourth-order valence-electron chi connectivity index (χ4n) is 3.49. The van der Waals surface area contributed by atoms with Crippen LogP contribution in [0.1, 0.15) is 35.7 Å². The van der Waals surface area contributed by atoms with E-state index >= 15 is 0 Å². The zero-order valence-electron chi connectivity index (χ0n) is 14.7. The van der Waals surface area contributed by atoms with Crippen molar-refractivity contribution in [1.82, 2.24) is 19.9 Å². The Balaban J connectivity index is 1.66. The molecule has 1 aromatic carbocycles. The summed E-state index contributed by atoms with van der Waals surface area (Å²) in [5, 5.41) is 10.5. The standard InChI is InChI=1S/C19H18FN5O2/c1-11-10-27-15-3-2-12(20)8-14(15)19(5-6-19)24-16-4-7-25-17(23-16)13(9-21-25)18(26)22-11/h2-4,7-9,11H,5-6,10H2,1H3,(H,22,26)(H,23,24)/t11-/m1/s1. The summed E-state index contributed by atoms with van der Waals surface area (Å²) >= 11 is 0. The molecule has 2 aromatic heterocycles. The van der Waals surface area contributed by atoms with Gasteiger partial charge >= 0.3 is 0 Å². The van der Waals surface area contributed by atoms with Gasteiger partial charge in [-0.1, -0.05) is 0 Å². The molecule has 138 valence electrons. The highest BCUT2D eigenvalue weighted by Gasteiger charge is 2.47. The van der Waals surface area contributed by atoms with Crippen LogP contribution < -0.4 is 15.4 Å². The Morgan fingerprint density at radius 1 is 1.33 bits per heavy atom. The molecule has 1 aliphatic carbocycles. The molecule has 3 aromatic rings. The predicted octanol–water partition coefficient (Wildman–Crippen LogP) is 2.48. The quantitative estimate of drug-likeness (QED) is 0.638. The van der Waals surface area contributed by atoms with Gasteiger partial charge in [0.2, 0.25) is 0 Å². The smallest absolute Gasteiger partial charge is 0.257 e. The summed E-state index contributed by atoms with van der Waals surface area (Å²) in [7, 11) is 0. The lowest BCUT2D eigenvalue weighted by Gasteiger charge is -2.23. The Labute approximate surface area is 154 Å². The number of fused-ring (bicyclic) bond motifs is 3. The molecule has 0 saturated heterocycles. The Bertz CT molecular complexity index is 1060. The average Bonchev–Trinajstić information content (AvgIpc) is 3.29. The highest BCUT2D eigenvalue weighted by Crippen LogP contribution is 2.51. The number of benzene rings is 1. The molecule has 0 radical (unpaired) electrons. The number of anilines is 1. The number of carbonyl (C=O) groups excluding carboxylic acids is 1. The van der Waals surface area contributed by atoms with Gasteiger partial charge < -0.3 is 15.4 Å². The van der Waals surface area contributed by atoms with E-state index in [0.717, 1.165) is 18.4 Å². The largest absolute Gasteiger partial charge is 0.491 e. The van der Waals surface area contributed by atoms with Crippen LogP contribution in [0.15, 0.2) is 36.7 Å². The van der Waals surface area contributed by atoms with Crippen molar-refractivity contribution >= 4 is 17.4 Å². The minimum absolute atomic E-state index is 0.239. The number of nitrogens with zero attached hydrogens (tertiary/aromatic N) is 3. The van der Waals surface area contributed by atoms with Crippen LogP contribution in [0.5, 0.6) is 5.75 Å². The summed E-state index contributed by atoms with van der Waals surface area (Å²) in [5.74, 6) is 0.658. The van der Waals surface area contributed by atoms with Gasteiger partial charge in [0.1, 0.15) is 29.6 Å². The maximum Gasteiger partial charge on any atom is 0.257 e. The molecule has 1 saturated carbocycles. The van der Waals surface area contributed by atoms with E-state index in [-0.39, 0.29) is 24.4 Å². The van der Waals surface area contributed by atoms with Crippen LogP contribution in [0.25, 0.3) is 5.65 Å². The summed E-state index contributed by atoms with van der Waals surface area (Å²) in [6.07, 6.45) is 4.95. The third-order valence-electron chi connectivity index (χ3n) is 5.05. The molecule has 27 heavy (non-hydrogen) atoms. The first-order valence-corrected chi connectivity index (χ1v) is 8.90. The summed E-state index contributed by atoms with van der Waals surface area (Å²) < 4.78 is 21.5. The predicted molar refractivity (Wildman–Crippen MR) is 96.3 cm³/mol. The summed E-state index contributed by atoms with van der Waals surface area (Å²) in [5.41, 5.74) is 1.23. The van der Waals surface area contributed by atoms with Gasteiger partial charge in [0, 0.05) is 11.8 Å². The monoisotopic (exact) mass is 367 g/mol. The van der Waals surface area contributed by atoms with Crippen molar-refractivity contribution in [1.29, 1.82) is 0 Å². The van der Waals surface area contributed by atoms with Crippen LogP contribution in [0.3, 0.4) is 0 Å². The molecule has 1 amide bonds. The third-order valence-corrected chi connectivity index (χ3v) is 5.05. The fraction of sp³-hybridized carbons (Fsp3) is 0.316. The Kier molecular flexibility index (Phi) is 3.37. The number of rotatable bonds is 0. The van der Waals surface area contributed by atoms with Gasteiger partial charge in [-0.25, -0.2) is 13.9 Å². The second-order valence-electron chi connectivity index (χ2n) is 7.17. The van der Waals surface area contributed by atoms with E-state index in [0.29, 0.717) is 22.8 Å². The molecule has 0 unspecified atom stereocenters. The number of amides is 1. The maximum atomic E-state index is 14.0. The van der Waals surface area contributed by atoms with Gasteiger partial charge in [-0.05, 0) is 44.0 Å². The van der Waals surface area contributed by atoms with E-state index in [4.69, 9.17) is 4.74 Å². The second-order valence-corrected chi connectivity index (χ2v) is 7.17. The minimum atomic E-state index is -0.419. The number of halogens is 1. The zero-order chi connectivity index (χ0) is 18.6. The highest BCUT2D eigenvalue weighted by atomic mass is 19.1. The van der Waals surface area contributed by atoms with Gasteiger partial charge in [-0.2, -0.15) is 5.10 Å². The number of carbonyl (C=O) groups is 1. The zero-order valence-corrected chi connectivity index (χ0v) is 14.7. The molecule has 1 spiro atoms. The van der Waals surface area contributed by atoms with Crippen molar-refractivity contribution < 1.29 is 13.9 Å². The van der Waals surface area contributed by atoms with Crippen molar-refractivity contribution in [2.24, 2.45) is 0 Å². The lowest BCUT2D eigenvalue weighted by atomic mass is 10.0. The van der Waals surface area contributed by atoms with Crippen LogP contribution in [0.4, 0.5) is 10.2 Å². The Hall–Kier alpha value is -3.16. The molecular weight excluding hydrogens is 349 g/mol. The van der Waals surface area contributed by atoms with Crippen molar-refractivity contribution in [2.75, 3.05) is 11.9 Å². The van der Waals surface area contributed by atoms with E-state index in [2.05, 4.69) is 20.7 Å². The summed E-state index contributed by atoms with van der Waals surface area (Å²) in [6, 6.07) is 6.10. The first kappa shape index (κ1) is 16.0. The Morgan fingerprint density at radius 3 is 3.00 bits per heavy atom. The lowest BCUT2D eigenvalue weighted by molar-refractivity contribution is 0.0928. The van der Waals surface area contributed by atoms with Crippen LogP contribution in [-0.4, -0.2) is 33.2 Å². The summed E-state index contributed by atoms with van der Waals surface area (Å²) in [4.78, 5) is 17.2. The molecule has 1 fully saturated rings. The Morgan fingerprint density at radius 2 is 2.19 bits per heavy atom. The first-order chi connectivity index (χ1) is 13.0. The minimum Gasteiger partial charge on any atom is -0.491 e. The lowest BCUT2D eigenvalue weighted by Crippen LogP contribution is -2.37. The van der Waals surface area contributed by atoms with Gasteiger partial charge in [0.15, 0.2) is 5.65 Å². The van der Waals surface area contributed by atoms with E-state index < -0.39 is 5.54 Å². The molecular formula is C19H18FN5O2. The number of aromatic nitrogens is 3. The number of ether oxygens (including phenoxy) is 1. The third kappa shape index (κ3) is 2.68. The molecule has 3 heterocycles. The fourth-order valence-corrected chi connectivity index (χ4v) is 3.49. The molecule has 5 rings (SSSR count). The molecule has 2 N–H and O–H groups in total. The van der Waals surface area contributed by atoms with Gasteiger partial charge in [0.05, 0.1) is 17.8 Å². The van der Waals surface area contributed by atoms with E-state index in [1.165, 1.54) is 18.3 Å². The topological polar surface area (TPSA) is 80.6 Å². The van der Waals surface area contributed by atoms with Crippen molar-refractivity contribution in [2.45, 2.75) is 31.3 Å². The molecule has 7 nitrogen and oxygen atoms in total. The molecule has 2 bridgehead atoms. The molecule has 2 aliphatic rings. The van der Waals surface area contributed by atoms with Crippen molar-refractivity contribution in [3.05, 3.63) is 53.6 Å². The average molecular weight is 367 g/mol. The van der Waals surface area contributed by atoms with Crippen molar-refractivity contribution in [3.8, 4) is 5.75 Å². The van der Waals surface area contributed by atoms with E-state index in [1.807, 2.05) is 6.92 Å². The van der Waals surface area contributed by atoms with E-state index in [1.54, 1.807) is 22.8 Å². The second kappa shape index (κ2) is 5.67. The number of nitrogens with one attached hydrogen (secondary N) is 2. The first-order valence-electron chi connectivity index (χ1n) is 8.90. The van der Waals surface area contributed by atoms with Crippen LogP contribution in [0.2, 0.25) is 0 Å². The van der Waals surface area contributed by atoms with Gasteiger partial charge in [-0.15, -0.1) is 0 Å². The number of hydrogen-bond donors (Lipinski definition) is 2. The van der Waals surface area contributed by atoms with Gasteiger partial charge in [0.25, 0.3) is 5.91 Å². The highest BCUT2D eigenvalue weighted by molar-refractivity contribution is 5.99. The SMILES string of the molecule is C[C@@H]1COc2ccc(F)cc2C2(CC2)Nc2ccn3ncc(c3n2)C(=O)N1.